The maximum Gasteiger partial charge on any atom is 0.227 e. The predicted molar refractivity (Wildman–Crippen MR) is 72.5 cm³/mol. The number of carbonyl (C=O) groups excluding carboxylic acids is 1. The lowest BCUT2D eigenvalue weighted by molar-refractivity contribution is -0.117. The van der Waals surface area contributed by atoms with Crippen molar-refractivity contribution >= 4 is 23.2 Å². The second-order valence-corrected chi connectivity index (χ2v) is 4.71. The zero-order valence-electron chi connectivity index (χ0n) is 10.4. The summed E-state index contributed by atoms with van der Waals surface area (Å²) >= 11 is 6.12. The van der Waals surface area contributed by atoms with E-state index < -0.39 is 0 Å². The number of amides is 1. The van der Waals surface area contributed by atoms with Gasteiger partial charge >= 0.3 is 0 Å². The Balaban J connectivity index is 2.22. The second kappa shape index (κ2) is 5.82. The molecule has 0 N–H and O–H groups in total. The molecule has 1 aromatic carbocycles. The summed E-state index contributed by atoms with van der Waals surface area (Å²) in [6.07, 6.45) is 0.368. The first-order valence-corrected chi connectivity index (χ1v) is 6.18. The van der Waals surface area contributed by atoms with E-state index in [0.29, 0.717) is 36.0 Å². The zero-order chi connectivity index (χ0) is 13.8. The maximum absolute atomic E-state index is 12.0. The van der Waals surface area contributed by atoms with Crippen molar-refractivity contribution in [3.05, 3.63) is 33.7 Å². The Morgan fingerprint density at radius 1 is 1.63 bits per heavy atom. The first-order chi connectivity index (χ1) is 9.15. The fourth-order valence-corrected chi connectivity index (χ4v) is 2.33. The van der Waals surface area contributed by atoms with E-state index in [1.54, 1.807) is 30.2 Å². The number of carbonyl (C=O) groups is 1. The van der Waals surface area contributed by atoms with Gasteiger partial charge in [0.15, 0.2) is 0 Å². The number of azide groups is 1. The van der Waals surface area contributed by atoms with Crippen molar-refractivity contribution in [1.29, 1.82) is 0 Å². The molecule has 1 fully saturated rings. The highest BCUT2D eigenvalue weighted by Gasteiger charge is 2.31. The van der Waals surface area contributed by atoms with Crippen molar-refractivity contribution in [3.8, 4) is 5.75 Å². The van der Waals surface area contributed by atoms with Crippen LogP contribution in [0.1, 0.15) is 6.42 Å². The van der Waals surface area contributed by atoms with E-state index in [0.717, 1.165) is 0 Å². The van der Waals surface area contributed by atoms with Crippen LogP contribution in [0.5, 0.6) is 5.75 Å². The van der Waals surface area contributed by atoms with E-state index in [-0.39, 0.29) is 11.8 Å². The first-order valence-electron chi connectivity index (χ1n) is 5.80. The minimum Gasteiger partial charge on any atom is -0.497 e. The van der Waals surface area contributed by atoms with Gasteiger partial charge in [-0.05, 0) is 23.6 Å². The highest BCUT2D eigenvalue weighted by atomic mass is 35.5. The summed E-state index contributed by atoms with van der Waals surface area (Å²) in [5, 5.41) is 4.02. The summed E-state index contributed by atoms with van der Waals surface area (Å²) in [4.78, 5) is 16.3. The summed E-state index contributed by atoms with van der Waals surface area (Å²) in [5.41, 5.74) is 8.94. The monoisotopic (exact) mass is 280 g/mol. The molecule has 0 saturated carbocycles. The van der Waals surface area contributed by atoms with Crippen LogP contribution in [0.2, 0.25) is 5.02 Å². The second-order valence-electron chi connectivity index (χ2n) is 4.31. The van der Waals surface area contributed by atoms with Crippen molar-refractivity contribution in [3.63, 3.8) is 0 Å². The molecule has 2 rings (SSSR count). The van der Waals surface area contributed by atoms with Gasteiger partial charge in [-0.25, -0.2) is 0 Å². The fourth-order valence-electron chi connectivity index (χ4n) is 2.11. The van der Waals surface area contributed by atoms with E-state index in [1.165, 1.54) is 0 Å². The Bertz CT molecular complexity index is 543. The van der Waals surface area contributed by atoms with Gasteiger partial charge in [0.05, 0.1) is 17.8 Å². The summed E-state index contributed by atoms with van der Waals surface area (Å²) in [7, 11) is 1.56. The van der Waals surface area contributed by atoms with Crippen LogP contribution in [0, 0.1) is 5.92 Å². The van der Waals surface area contributed by atoms with Crippen LogP contribution in [0.3, 0.4) is 0 Å². The molecule has 7 heteroatoms. The summed E-state index contributed by atoms with van der Waals surface area (Å²) in [6.45, 7) is 0.824. The van der Waals surface area contributed by atoms with Gasteiger partial charge in [-0.15, -0.1) is 0 Å². The Hall–Kier alpha value is -1.91. The molecule has 0 aromatic heterocycles. The first kappa shape index (κ1) is 13.5. The molecule has 19 heavy (non-hydrogen) atoms. The van der Waals surface area contributed by atoms with E-state index >= 15 is 0 Å². The smallest absolute Gasteiger partial charge is 0.227 e. The lowest BCUT2D eigenvalue weighted by Crippen LogP contribution is -2.25. The molecular formula is C12H13ClN4O2. The van der Waals surface area contributed by atoms with Gasteiger partial charge in [0.1, 0.15) is 5.75 Å². The number of halogens is 1. The van der Waals surface area contributed by atoms with Gasteiger partial charge in [-0.3, -0.25) is 4.79 Å². The highest BCUT2D eigenvalue weighted by molar-refractivity contribution is 6.34. The molecule has 0 aliphatic carbocycles. The minimum atomic E-state index is -0.0201. The normalized spacial score (nSPS) is 18.3. The minimum absolute atomic E-state index is 0.0201. The van der Waals surface area contributed by atoms with Gasteiger partial charge in [0.2, 0.25) is 5.91 Å². The Morgan fingerprint density at radius 3 is 3.11 bits per heavy atom. The van der Waals surface area contributed by atoms with Crippen LogP contribution < -0.4 is 9.64 Å². The lowest BCUT2D eigenvalue weighted by atomic mass is 10.1. The maximum atomic E-state index is 12.0. The van der Waals surface area contributed by atoms with E-state index in [9.17, 15) is 4.79 Å². The molecule has 1 unspecified atom stereocenters. The van der Waals surface area contributed by atoms with Crippen LogP contribution in [0.4, 0.5) is 5.69 Å². The zero-order valence-corrected chi connectivity index (χ0v) is 11.2. The number of anilines is 1. The van der Waals surface area contributed by atoms with Crippen molar-refractivity contribution in [2.75, 3.05) is 25.1 Å². The highest BCUT2D eigenvalue weighted by Crippen LogP contribution is 2.34. The molecule has 1 aliphatic heterocycles. The van der Waals surface area contributed by atoms with E-state index in [1.807, 2.05) is 0 Å². The lowest BCUT2D eigenvalue weighted by Gasteiger charge is -2.18. The molecule has 0 radical (unpaired) electrons. The van der Waals surface area contributed by atoms with Gasteiger partial charge in [-0.1, -0.05) is 16.7 Å². The number of rotatable bonds is 4. The van der Waals surface area contributed by atoms with Crippen molar-refractivity contribution in [2.45, 2.75) is 6.42 Å². The number of hydrogen-bond acceptors (Lipinski definition) is 3. The third-order valence-electron chi connectivity index (χ3n) is 3.05. The van der Waals surface area contributed by atoms with Crippen LogP contribution in [0.15, 0.2) is 23.3 Å². The fraction of sp³-hybridized carbons (Fsp3) is 0.417. The van der Waals surface area contributed by atoms with E-state index in [2.05, 4.69) is 10.0 Å². The van der Waals surface area contributed by atoms with Crippen LogP contribution >= 0.6 is 11.6 Å². The van der Waals surface area contributed by atoms with Crippen molar-refractivity contribution < 1.29 is 9.53 Å². The summed E-state index contributed by atoms with van der Waals surface area (Å²) in [5.74, 6) is 0.657. The van der Waals surface area contributed by atoms with Gasteiger partial charge < -0.3 is 9.64 Å². The third kappa shape index (κ3) is 2.92. The SMILES string of the molecule is COc1ccc(Cl)c(N2CC(CN=[N+]=[N-])CC2=O)c1. The number of hydrogen-bond donors (Lipinski definition) is 0. The predicted octanol–water partition coefficient (Wildman–Crippen LogP) is 3.01. The summed E-state index contributed by atoms with van der Waals surface area (Å²) in [6, 6.07) is 5.17. The summed E-state index contributed by atoms with van der Waals surface area (Å²) < 4.78 is 5.13. The molecule has 1 atom stereocenters. The van der Waals surface area contributed by atoms with E-state index in [4.69, 9.17) is 21.9 Å². The molecule has 1 saturated heterocycles. The van der Waals surface area contributed by atoms with Gasteiger partial charge in [0, 0.05) is 30.5 Å². The third-order valence-corrected chi connectivity index (χ3v) is 3.37. The largest absolute Gasteiger partial charge is 0.497 e. The molecule has 0 bridgehead atoms. The molecule has 1 heterocycles. The van der Waals surface area contributed by atoms with Crippen LogP contribution in [0.25, 0.3) is 10.4 Å². The molecule has 6 nitrogen and oxygen atoms in total. The van der Waals surface area contributed by atoms with Gasteiger partial charge in [-0.2, -0.15) is 0 Å². The van der Waals surface area contributed by atoms with Crippen molar-refractivity contribution in [2.24, 2.45) is 11.0 Å². The number of methoxy groups -OCH3 is 1. The number of benzene rings is 1. The average Bonchev–Trinajstić information content (AvgIpc) is 2.78. The number of nitrogens with zero attached hydrogens (tertiary/aromatic N) is 4. The van der Waals surface area contributed by atoms with Crippen LogP contribution in [-0.2, 0) is 4.79 Å². The molecular weight excluding hydrogens is 268 g/mol. The van der Waals surface area contributed by atoms with Crippen molar-refractivity contribution in [1.82, 2.24) is 0 Å². The number of ether oxygens (including phenoxy) is 1. The Kier molecular flexibility index (Phi) is 4.14. The van der Waals surface area contributed by atoms with Crippen LogP contribution in [-0.4, -0.2) is 26.1 Å². The topological polar surface area (TPSA) is 78.3 Å². The average molecular weight is 281 g/mol. The molecule has 1 aliphatic rings. The molecule has 0 spiro atoms. The van der Waals surface area contributed by atoms with Gasteiger partial charge in [0.25, 0.3) is 0 Å². The molecule has 100 valence electrons. The Labute approximate surface area is 115 Å². The standard InChI is InChI=1S/C12H13ClN4O2/c1-19-9-2-3-10(13)11(5-9)17-7-8(4-12(17)18)6-15-16-14/h2-3,5,8H,4,6-7H2,1H3. The molecule has 1 aromatic rings. The molecule has 1 amide bonds. The Morgan fingerprint density at radius 2 is 2.42 bits per heavy atom. The quantitative estimate of drug-likeness (QED) is 0.483.